The third-order valence-electron chi connectivity index (χ3n) is 5.24. The summed E-state index contributed by atoms with van der Waals surface area (Å²) in [5.41, 5.74) is 1.85. The van der Waals surface area contributed by atoms with E-state index in [0.717, 1.165) is 24.1 Å². The second kappa shape index (κ2) is 7.98. The van der Waals surface area contributed by atoms with Gasteiger partial charge in [0.25, 0.3) is 0 Å². The van der Waals surface area contributed by atoms with Crippen LogP contribution in [-0.4, -0.2) is 81.3 Å². The van der Waals surface area contributed by atoms with Crippen LogP contribution in [0.15, 0.2) is 24.3 Å². The van der Waals surface area contributed by atoms with Crippen LogP contribution in [0.1, 0.15) is 18.4 Å². The van der Waals surface area contributed by atoms with Crippen LogP contribution in [0.2, 0.25) is 0 Å². The zero-order chi connectivity index (χ0) is 19.6. The molecule has 0 spiro atoms. The highest BCUT2D eigenvalue weighted by atomic mass is 32.2. The van der Waals surface area contributed by atoms with Crippen LogP contribution in [0.4, 0.5) is 5.69 Å². The molecule has 0 aromatic heterocycles. The first-order valence-corrected chi connectivity index (χ1v) is 11.2. The third-order valence-corrected chi connectivity index (χ3v) is 6.99. The maximum atomic E-state index is 13.1. The number of benzene rings is 1. The molecule has 0 aliphatic carbocycles. The van der Waals surface area contributed by atoms with Gasteiger partial charge in [-0.05, 0) is 45.0 Å². The Balaban J connectivity index is 1.82. The second-order valence-electron chi connectivity index (χ2n) is 7.55. The molecule has 1 saturated heterocycles. The van der Waals surface area contributed by atoms with Crippen molar-refractivity contribution < 1.29 is 18.0 Å². The van der Waals surface area contributed by atoms with Gasteiger partial charge in [0.1, 0.15) is 0 Å². The van der Waals surface area contributed by atoms with Crippen LogP contribution in [0, 0.1) is 0 Å². The largest absolute Gasteiger partial charge is 0.329 e. The highest BCUT2D eigenvalue weighted by molar-refractivity contribution is 7.91. The molecule has 7 nitrogen and oxygen atoms in total. The Morgan fingerprint density at radius 2 is 1.93 bits per heavy atom. The number of likely N-dealkylation sites (N-methyl/N-ethyl adjacent to an activating group) is 1. The lowest BCUT2D eigenvalue weighted by Gasteiger charge is -2.33. The van der Waals surface area contributed by atoms with E-state index >= 15 is 0 Å². The number of fused-ring (bicyclic) bond motifs is 1. The van der Waals surface area contributed by atoms with Crippen LogP contribution in [0.25, 0.3) is 0 Å². The van der Waals surface area contributed by atoms with Crippen molar-refractivity contribution in [2.45, 2.75) is 25.3 Å². The lowest BCUT2D eigenvalue weighted by Crippen LogP contribution is -2.52. The number of nitrogens with zero attached hydrogens (tertiary/aromatic N) is 3. The molecule has 148 valence electrons. The highest BCUT2D eigenvalue weighted by Gasteiger charge is 2.38. The van der Waals surface area contributed by atoms with Gasteiger partial charge in [0.05, 0.1) is 11.5 Å². The Labute approximate surface area is 160 Å². The van der Waals surface area contributed by atoms with Crippen molar-refractivity contribution in [1.82, 2.24) is 9.80 Å². The number of carbonyl (C=O) groups excluding carboxylic acids is 2. The molecule has 3 rings (SSSR count). The Bertz CT molecular complexity index is 822. The molecule has 1 aromatic carbocycles. The minimum atomic E-state index is -3.14. The Morgan fingerprint density at radius 3 is 2.59 bits per heavy atom. The van der Waals surface area contributed by atoms with Crippen LogP contribution >= 0.6 is 0 Å². The lowest BCUT2D eigenvalue weighted by atomic mass is 10.0. The van der Waals surface area contributed by atoms with Gasteiger partial charge in [-0.15, -0.1) is 0 Å². The Morgan fingerprint density at radius 1 is 1.19 bits per heavy atom. The fourth-order valence-corrected chi connectivity index (χ4v) is 5.49. The molecule has 2 amide bonds. The minimum absolute atomic E-state index is 0.0595. The fraction of sp³-hybridized carbons (Fsp3) is 0.579. The molecule has 0 saturated carbocycles. The summed E-state index contributed by atoms with van der Waals surface area (Å²) in [7, 11) is 0.627. The van der Waals surface area contributed by atoms with Crippen LogP contribution < -0.4 is 4.90 Å². The van der Waals surface area contributed by atoms with Gasteiger partial charge in [-0.25, -0.2) is 8.42 Å². The van der Waals surface area contributed by atoms with Gasteiger partial charge in [-0.2, -0.15) is 0 Å². The molecule has 1 aromatic rings. The maximum Gasteiger partial charge on any atom is 0.316 e. The van der Waals surface area contributed by atoms with Crippen molar-refractivity contribution in [2.75, 3.05) is 50.1 Å². The van der Waals surface area contributed by atoms with E-state index in [1.807, 2.05) is 43.3 Å². The van der Waals surface area contributed by atoms with Gasteiger partial charge in [0, 0.05) is 31.4 Å². The standard InChI is InChI=1S/C19H27N3O4S/c1-20(2)11-12-21(16-9-13-27(25,26)14-16)18(23)19(24)22-10-5-7-15-6-3-4-8-17(15)22/h3-4,6,8,16H,5,7,9-14H2,1-2H3. The normalized spacial score (nSPS) is 21.1. The van der Waals surface area contributed by atoms with Crippen LogP contribution in [0.3, 0.4) is 0 Å². The monoisotopic (exact) mass is 393 g/mol. The molecule has 2 aliphatic heterocycles. The number of amides is 2. The molecule has 0 bridgehead atoms. The fourth-order valence-electron chi connectivity index (χ4n) is 3.76. The van der Waals surface area contributed by atoms with Crippen molar-refractivity contribution in [3.05, 3.63) is 29.8 Å². The number of hydrogen-bond donors (Lipinski definition) is 0. The van der Waals surface area contributed by atoms with E-state index in [0.29, 0.717) is 26.1 Å². The number of hydrogen-bond acceptors (Lipinski definition) is 5. The topological polar surface area (TPSA) is 78.0 Å². The molecule has 1 unspecified atom stereocenters. The maximum absolute atomic E-state index is 13.1. The molecule has 27 heavy (non-hydrogen) atoms. The average Bonchev–Trinajstić information content (AvgIpc) is 3.00. The summed E-state index contributed by atoms with van der Waals surface area (Å²) >= 11 is 0. The summed E-state index contributed by atoms with van der Waals surface area (Å²) in [5, 5.41) is 0. The molecule has 2 heterocycles. The van der Waals surface area contributed by atoms with E-state index in [1.54, 1.807) is 4.90 Å². The van der Waals surface area contributed by atoms with E-state index < -0.39 is 27.7 Å². The van der Waals surface area contributed by atoms with Gasteiger partial charge in [0.15, 0.2) is 9.84 Å². The van der Waals surface area contributed by atoms with Gasteiger partial charge in [0.2, 0.25) is 0 Å². The minimum Gasteiger partial charge on any atom is -0.329 e. The van der Waals surface area contributed by atoms with E-state index in [4.69, 9.17) is 0 Å². The predicted octanol–water partition coefficient (Wildman–Crippen LogP) is 0.543. The first-order valence-electron chi connectivity index (χ1n) is 9.34. The van der Waals surface area contributed by atoms with Crippen molar-refractivity contribution in [3.63, 3.8) is 0 Å². The van der Waals surface area contributed by atoms with Gasteiger partial charge in [-0.3, -0.25) is 9.59 Å². The number of carbonyl (C=O) groups is 2. The smallest absolute Gasteiger partial charge is 0.316 e. The van der Waals surface area contributed by atoms with Gasteiger partial charge >= 0.3 is 11.8 Å². The number of para-hydroxylation sites is 1. The quantitative estimate of drug-likeness (QED) is 0.698. The van der Waals surface area contributed by atoms with Crippen molar-refractivity contribution >= 4 is 27.3 Å². The predicted molar refractivity (Wildman–Crippen MR) is 104 cm³/mol. The summed E-state index contributed by atoms with van der Waals surface area (Å²) in [6.45, 7) is 1.42. The van der Waals surface area contributed by atoms with Crippen LogP contribution in [0.5, 0.6) is 0 Å². The van der Waals surface area contributed by atoms with Gasteiger partial charge in [-0.1, -0.05) is 18.2 Å². The molecule has 2 aliphatic rings. The van der Waals surface area contributed by atoms with Crippen LogP contribution in [-0.2, 0) is 25.8 Å². The Kier molecular flexibility index (Phi) is 5.86. The Hall–Kier alpha value is -1.93. The molecular weight excluding hydrogens is 366 g/mol. The van der Waals surface area contributed by atoms with Gasteiger partial charge < -0.3 is 14.7 Å². The summed E-state index contributed by atoms with van der Waals surface area (Å²) in [6.07, 6.45) is 2.09. The second-order valence-corrected chi connectivity index (χ2v) is 9.78. The van der Waals surface area contributed by atoms with Crippen molar-refractivity contribution in [3.8, 4) is 0 Å². The zero-order valence-corrected chi connectivity index (χ0v) is 16.7. The molecule has 8 heteroatoms. The number of sulfone groups is 1. The number of rotatable bonds is 4. The first-order chi connectivity index (χ1) is 12.8. The molecule has 1 fully saturated rings. The summed E-state index contributed by atoms with van der Waals surface area (Å²) in [4.78, 5) is 31.1. The lowest BCUT2D eigenvalue weighted by molar-refractivity contribution is -0.145. The molecular formula is C19H27N3O4S. The highest BCUT2D eigenvalue weighted by Crippen LogP contribution is 2.27. The average molecular weight is 394 g/mol. The summed E-state index contributed by atoms with van der Waals surface area (Å²) in [6, 6.07) is 7.21. The van der Waals surface area contributed by atoms with E-state index in [1.165, 1.54) is 4.90 Å². The SMILES string of the molecule is CN(C)CCN(C(=O)C(=O)N1CCCc2ccccc21)C1CCS(=O)(=O)C1. The molecule has 0 radical (unpaired) electrons. The van der Waals surface area contributed by atoms with Crippen molar-refractivity contribution in [2.24, 2.45) is 0 Å². The van der Waals surface area contributed by atoms with E-state index in [2.05, 4.69) is 0 Å². The van der Waals surface area contributed by atoms with E-state index in [9.17, 15) is 18.0 Å². The molecule has 1 atom stereocenters. The number of anilines is 1. The molecule has 0 N–H and O–H groups in total. The zero-order valence-electron chi connectivity index (χ0n) is 15.9. The first kappa shape index (κ1) is 19.8. The summed E-state index contributed by atoms with van der Waals surface area (Å²) < 4.78 is 23.8. The van der Waals surface area contributed by atoms with Crippen molar-refractivity contribution in [1.29, 1.82) is 0 Å². The number of aryl methyl sites for hydroxylation is 1. The summed E-state index contributed by atoms with van der Waals surface area (Å²) in [5.74, 6) is -1.15. The van der Waals surface area contributed by atoms with E-state index in [-0.39, 0.29) is 11.5 Å². The third kappa shape index (κ3) is 4.50.